The Morgan fingerprint density at radius 2 is 1.55 bits per heavy atom. The molecule has 5 nitrogen and oxygen atoms in total. The van der Waals surface area contributed by atoms with Gasteiger partial charge in [0.15, 0.2) is 0 Å². The Kier molecular flexibility index (Phi) is 4.44. The molecule has 0 radical (unpaired) electrons. The second kappa shape index (κ2) is 6.71. The van der Waals surface area contributed by atoms with E-state index >= 15 is 0 Å². The summed E-state index contributed by atoms with van der Waals surface area (Å²) in [6.45, 7) is 0. The van der Waals surface area contributed by atoms with Crippen molar-refractivity contribution in [1.82, 2.24) is 9.97 Å². The third kappa shape index (κ3) is 3.74. The quantitative estimate of drug-likeness (QED) is 0.512. The minimum atomic E-state index is -4.40. The van der Waals surface area contributed by atoms with Gasteiger partial charge >= 0.3 is 6.18 Å². The Hall–Kier alpha value is -3.17. The summed E-state index contributed by atoms with van der Waals surface area (Å²) in [6.07, 6.45) is -4.40. The van der Waals surface area contributed by atoms with Crippen LogP contribution in [0.2, 0.25) is 0 Å². The summed E-state index contributed by atoms with van der Waals surface area (Å²) in [4.78, 5) is 7.47. The number of hydrogen-bond donors (Lipinski definition) is 2. The molecule has 3 aromatic carbocycles. The number of nitrogens with one attached hydrogen (secondary N) is 1. The molecule has 0 unspecified atom stereocenters. The van der Waals surface area contributed by atoms with Crippen LogP contribution < -0.4 is 5.14 Å². The summed E-state index contributed by atoms with van der Waals surface area (Å²) in [7, 11) is -3.91. The maximum Gasteiger partial charge on any atom is 0.416 e. The van der Waals surface area contributed by atoms with Crippen molar-refractivity contribution in [2.24, 2.45) is 5.14 Å². The number of H-pyrrole nitrogens is 1. The number of hydrogen-bond acceptors (Lipinski definition) is 3. The van der Waals surface area contributed by atoms with Crippen LogP contribution in [0.3, 0.4) is 0 Å². The van der Waals surface area contributed by atoms with Crippen LogP contribution in [0.4, 0.5) is 13.2 Å². The number of fused-ring (bicyclic) bond motifs is 1. The highest BCUT2D eigenvalue weighted by Crippen LogP contribution is 2.32. The fraction of sp³-hybridized carbons (Fsp3) is 0.0500. The van der Waals surface area contributed by atoms with Gasteiger partial charge in [-0.25, -0.2) is 18.5 Å². The molecule has 148 valence electrons. The summed E-state index contributed by atoms with van der Waals surface area (Å²) < 4.78 is 61.9. The molecule has 1 aromatic heterocycles. The Labute approximate surface area is 164 Å². The van der Waals surface area contributed by atoms with Crippen LogP contribution in [-0.4, -0.2) is 18.4 Å². The van der Waals surface area contributed by atoms with Gasteiger partial charge in [-0.15, -0.1) is 0 Å². The minimum absolute atomic E-state index is 0.00169. The predicted octanol–water partition coefficient (Wildman–Crippen LogP) is 4.56. The number of aromatic amines is 1. The zero-order chi connectivity index (χ0) is 20.8. The molecule has 0 saturated heterocycles. The molecule has 0 aliphatic rings. The average molecular weight is 417 g/mol. The van der Waals surface area contributed by atoms with Crippen molar-refractivity contribution in [1.29, 1.82) is 0 Å². The van der Waals surface area contributed by atoms with Crippen molar-refractivity contribution < 1.29 is 21.6 Å². The van der Waals surface area contributed by atoms with Gasteiger partial charge in [-0.1, -0.05) is 36.4 Å². The Morgan fingerprint density at radius 3 is 2.21 bits per heavy atom. The molecule has 0 aliphatic carbocycles. The van der Waals surface area contributed by atoms with Crippen molar-refractivity contribution in [3.05, 3.63) is 72.3 Å². The van der Waals surface area contributed by atoms with Gasteiger partial charge in [0.25, 0.3) is 0 Å². The lowest BCUT2D eigenvalue weighted by Crippen LogP contribution is -2.13. The summed E-state index contributed by atoms with van der Waals surface area (Å²) >= 11 is 0. The van der Waals surface area contributed by atoms with E-state index in [1.54, 1.807) is 36.4 Å². The van der Waals surface area contributed by atoms with Gasteiger partial charge in [-0.2, -0.15) is 13.2 Å². The number of primary sulfonamides is 1. The van der Waals surface area contributed by atoms with Gasteiger partial charge in [0.05, 0.1) is 21.5 Å². The number of aromatic nitrogens is 2. The van der Waals surface area contributed by atoms with Crippen molar-refractivity contribution in [2.45, 2.75) is 11.1 Å². The van der Waals surface area contributed by atoms with Gasteiger partial charge in [-0.05, 0) is 35.9 Å². The Bertz CT molecular complexity index is 1310. The van der Waals surface area contributed by atoms with E-state index in [2.05, 4.69) is 9.97 Å². The summed E-state index contributed by atoms with van der Waals surface area (Å²) in [6, 6.07) is 16.2. The third-order valence-corrected chi connectivity index (χ3v) is 5.44. The van der Waals surface area contributed by atoms with Crippen molar-refractivity contribution in [3.8, 4) is 22.5 Å². The third-order valence-electron chi connectivity index (χ3n) is 4.47. The van der Waals surface area contributed by atoms with Crippen molar-refractivity contribution >= 4 is 21.1 Å². The molecular weight excluding hydrogens is 403 g/mol. The van der Waals surface area contributed by atoms with E-state index in [-0.39, 0.29) is 4.90 Å². The lowest BCUT2D eigenvalue weighted by molar-refractivity contribution is -0.137. The zero-order valence-electron chi connectivity index (χ0n) is 14.7. The number of sulfonamides is 1. The van der Waals surface area contributed by atoms with Crippen LogP contribution in [-0.2, 0) is 16.2 Å². The maximum atomic E-state index is 12.7. The smallest absolute Gasteiger partial charge is 0.338 e. The topological polar surface area (TPSA) is 88.8 Å². The SMILES string of the molecule is NS(=O)(=O)c1ccccc1-c1ccc2nc(-c3ccc(C(F)(F)F)cc3)[nH]c2c1. The molecule has 0 atom stereocenters. The first kappa shape index (κ1) is 19.2. The fourth-order valence-electron chi connectivity index (χ4n) is 3.08. The molecule has 0 saturated carbocycles. The zero-order valence-corrected chi connectivity index (χ0v) is 15.6. The molecule has 0 amide bonds. The van der Waals surface area contributed by atoms with E-state index in [0.29, 0.717) is 33.5 Å². The van der Waals surface area contributed by atoms with Crippen LogP contribution in [0.1, 0.15) is 5.56 Å². The molecule has 29 heavy (non-hydrogen) atoms. The second-order valence-corrected chi connectivity index (χ2v) is 7.96. The predicted molar refractivity (Wildman–Crippen MR) is 103 cm³/mol. The van der Waals surface area contributed by atoms with E-state index in [1.807, 2.05) is 0 Å². The average Bonchev–Trinajstić information content (AvgIpc) is 3.10. The number of nitrogens with zero attached hydrogens (tertiary/aromatic N) is 1. The first-order valence-electron chi connectivity index (χ1n) is 8.42. The summed E-state index contributed by atoms with van der Waals surface area (Å²) in [5.41, 5.74) is 2.03. The molecule has 9 heteroatoms. The van der Waals surface area contributed by atoms with E-state index in [0.717, 1.165) is 12.1 Å². The molecule has 3 N–H and O–H groups in total. The van der Waals surface area contributed by atoms with E-state index in [9.17, 15) is 21.6 Å². The molecule has 0 spiro atoms. The minimum Gasteiger partial charge on any atom is -0.338 e. The molecule has 0 fully saturated rings. The lowest BCUT2D eigenvalue weighted by Gasteiger charge is -2.07. The van der Waals surface area contributed by atoms with Gasteiger partial charge in [-0.3, -0.25) is 0 Å². The van der Waals surface area contributed by atoms with Gasteiger partial charge in [0.1, 0.15) is 5.82 Å². The standard InChI is InChI=1S/C20H14F3N3O2S/c21-20(22,23)14-8-5-12(6-9-14)19-25-16-10-7-13(11-17(16)26-19)15-3-1-2-4-18(15)29(24,27)28/h1-11H,(H,25,26)(H2,24,27,28). The van der Waals surface area contributed by atoms with Crippen molar-refractivity contribution in [3.63, 3.8) is 0 Å². The largest absolute Gasteiger partial charge is 0.416 e. The van der Waals surface area contributed by atoms with Crippen LogP contribution in [0, 0.1) is 0 Å². The molecule has 0 bridgehead atoms. The van der Waals surface area contributed by atoms with Gasteiger partial charge in [0.2, 0.25) is 10.0 Å². The number of imidazole rings is 1. The highest BCUT2D eigenvalue weighted by Gasteiger charge is 2.30. The van der Waals surface area contributed by atoms with E-state index in [1.165, 1.54) is 18.2 Å². The maximum absolute atomic E-state index is 12.7. The fourth-order valence-corrected chi connectivity index (χ4v) is 3.84. The molecule has 1 heterocycles. The number of benzene rings is 3. The van der Waals surface area contributed by atoms with Crippen LogP contribution >= 0.6 is 0 Å². The normalized spacial score (nSPS) is 12.4. The molecule has 0 aliphatic heterocycles. The van der Waals surface area contributed by atoms with Crippen LogP contribution in [0.25, 0.3) is 33.5 Å². The summed E-state index contributed by atoms with van der Waals surface area (Å²) in [5, 5.41) is 5.30. The number of alkyl halides is 3. The van der Waals surface area contributed by atoms with E-state index in [4.69, 9.17) is 5.14 Å². The number of nitrogens with two attached hydrogens (primary N) is 1. The summed E-state index contributed by atoms with van der Waals surface area (Å²) in [5.74, 6) is 0.408. The molecular formula is C20H14F3N3O2S. The lowest BCUT2D eigenvalue weighted by atomic mass is 10.1. The molecule has 4 rings (SSSR count). The van der Waals surface area contributed by atoms with Crippen LogP contribution in [0.15, 0.2) is 71.6 Å². The van der Waals surface area contributed by atoms with Gasteiger partial charge < -0.3 is 4.98 Å². The Morgan fingerprint density at radius 1 is 0.897 bits per heavy atom. The van der Waals surface area contributed by atoms with Crippen LogP contribution in [0.5, 0.6) is 0 Å². The first-order valence-corrected chi connectivity index (χ1v) is 9.97. The molecule has 4 aromatic rings. The van der Waals surface area contributed by atoms with Gasteiger partial charge in [0, 0.05) is 11.1 Å². The second-order valence-electron chi connectivity index (χ2n) is 6.43. The Balaban J connectivity index is 1.77. The van der Waals surface area contributed by atoms with Crippen molar-refractivity contribution in [2.75, 3.05) is 0 Å². The highest BCUT2D eigenvalue weighted by atomic mass is 32.2. The van der Waals surface area contributed by atoms with E-state index < -0.39 is 21.8 Å². The number of halogens is 3. The number of rotatable bonds is 3. The highest BCUT2D eigenvalue weighted by molar-refractivity contribution is 7.89. The monoisotopic (exact) mass is 417 g/mol. The first-order chi connectivity index (χ1) is 13.6.